The first kappa shape index (κ1) is 21.6. The fraction of sp³-hybridized carbons (Fsp3) is 0.458. The van der Waals surface area contributed by atoms with Gasteiger partial charge in [-0.15, -0.1) is 11.3 Å². The standard InChI is InChI=1S/C24H29N3O3S/c1-18-8-5-6-13-24(18)22(29)27(23(30)25-24)17-21(28)26(16-20-11-7-15-31-20)14-12-19-9-3-2-4-10-19/h2-4,7,9-11,15,18H,5-6,8,12-14,16-17H2,1H3,(H,25,30)/t18-,24+/m1/s1. The maximum absolute atomic E-state index is 13.2. The van der Waals surface area contributed by atoms with E-state index in [1.807, 2.05) is 54.8 Å². The van der Waals surface area contributed by atoms with Crippen LogP contribution in [0.3, 0.4) is 0 Å². The molecule has 4 rings (SSSR count). The van der Waals surface area contributed by atoms with Crippen LogP contribution in [0.15, 0.2) is 47.8 Å². The van der Waals surface area contributed by atoms with Crippen molar-refractivity contribution in [3.63, 3.8) is 0 Å². The van der Waals surface area contributed by atoms with Crippen molar-refractivity contribution in [3.8, 4) is 0 Å². The van der Waals surface area contributed by atoms with E-state index in [4.69, 9.17) is 0 Å². The largest absolute Gasteiger partial charge is 0.336 e. The summed E-state index contributed by atoms with van der Waals surface area (Å²) in [5.74, 6) is -0.358. The molecule has 31 heavy (non-hydrogen) atoms. The zero-order valence-corrected chi connectivity index (χ0v) is 18.7. The highest BCUT2D eigenvalue weighted by atomic mass is 32.1. The van der Waals surface area contributed by atoms with Crippen LogP contribution in [0.25, 0.3) is 0 Å². The average molecular weight is 440 g/mol. The second-order valence-electron chi connectivity index (χ2n) is 8.57. The Kier molecular flexibility index (Phi) is 6.41. The van der Waals surface area contributed by atoms with Crippen molar-refractivity contribution in [2.24, 2.45) is 5.92 Å². The van der Waals surface area contributed by atoms with Gasteiger partial charge in [0.1, 0.15) is 12.1 Å². The van der Waals surface area contributed by atoms with E-state index in [0.29, 0.717) is 19.5 Å². The first-order valence-corrected chi connectivity index (χ1v) is 11.9. The molecule has 0 bridgehead atoms. The van der Waals surface area contributed by atoms with Crippen LogP contribution in [0.2, 0.25) is 0 Å². The minimum Gasteiger partial charge on any atom is -0.336 e. The summed E-state index contributed by atoms with van der Waals surface area (Å²) in [7, 11) is 0. The van der Waals surface area contributed by atoms with E-state index in [0.717, 1.165) is 41.0 Å². The van der Waals surface area contributed by atoms with E-state index in [1.54, 1.807) is 16.2 Å². The molecule has 2 heterocycles. The highest BCUT2D eigenvalue weighted by Crippen LogP contribution is 2.38. The van der Waals surface area contributed by atoms with Crippen LogP contribution in [0, 0.1) is 5.92 Å². The second kappa shape index (κ2) is 9.22. The molecule has 1 spiro atoms. The summed E-state index contributed by atoms with van der Waals surface area (Å²) in [5, 5.41) is 4.92. The van der Waals surface area contributed by atoms with Crippen LogP contribution >= 0.6 is 11.3 Å². The van der Waals surface area contributed by atoms with Crippen molar-refractivity contribution in [2.75, 3.05) is 13.1 Å². The van der Waals surface area contributed by atoms with Gasteiger partial charge in [-0.1, -0.05) is 56.2 Å². The molecule has 2 aromatic rings. The molecule has 2 atom stereocenters. The van der Waals surface area contributed by atoms with Gasteiger partial charge in [-0.3, -0.25) is 14.5 Å². The smallest absolute Gasteiger partial charge is 0.325 e. The number of thiophene rings is 1. The lowest BCUT2D eigenvalue weighted by Crippen LogP contribution is -2.54. The van der Waals surface area contributed by atoms with Crippen LogP contribution in [0.5, 0.6) is 0 Å². The van der Waals surface area contributed by atoms with Gasteiger partial charge < -0.3 is 10.2 Å². The SMILES string of the molecule is C[C@@H]1CCCC[C@]12NC(=O)N(CC(=O)N(CCc1ccccc1)Cc1cccs1)C2=O. The summed E-state index contributed by atoms with van der Waals surface area (Å²) in [6.07, 6.45) is 4.27. The molecular formula is C24H29N3O3S. The number of urea groups is 1. The molecule has 0 unspecified atom stereocenters. The Morgan fingerprint density at radius 1 is 1.19 bits per heavy atom. The third-order valence-corrected chi connectivity index (χ3v) is 7.45. The van der Waals surface area contributed by atoms with Crippen molar-refractivity contribution < 1.29 is 14.4 Å². The van der Waals surface area contributed by atoms with Crippen LogP contribution in [0.1, 0.15) is 43.0 Å². The molecule has 4 amide bonds. The lowest BCUT2D eigenvalue weighted by molar-refractivity contribution is -0.140. The molecule has 164 valence electrons. The fourth-order valence-corrected chi connectivity index (χ4v) is 5.39. The fourth-order valence-electron chi connectivity index (χ4n) is 4.67. The Morgan fingerprint density at radius 2 is 2.00 bits per heavy atom. The van der Waals surface area contributed by atoms with E-state index in [2.05, 4.69) is 5.32 Å². The van der Waals surface area contributed by atoms with Crippen molar-refractivity contribution in [1.29, 1.82) is 0 Å². The Morgan fingerprint density at radius 3 is 2.71 bits per heavy atom. The third-order valence-electron chi connectivity index (χ3n) is 6.59. The molecule has 1 N–H and O–H groups in total. The number of amides is 4. The Bertz CT molecular complexity index is 931. The van der Waals surface area contributed by atoms with E-state index >= 15 is 0 Å². The number of rotatable bonds is 7. The summed E-state index contributed by atoms with van der Waals surface area (Å²) in [6, 6.07) is 13.5. The summed E-state index contributed by atoms with van der Waals surface area (Å²) >= 11 is 1.60. The quantitative estimate of drug-likeness (QED) is 0.667. The molecule has 7 heteroatoms. The maximum atomic E-state index is 13.2. The molecule has 6 nitrogen and oxygen atoms in total. The summed E-state index contributed by atoms with van der Waals surface area (Å²) in [5.41, 5.74) is 0.314. The van der Waals surface area contributed by atoms with Gasteiger partial charge in [0.2, 0.25) is 5.91 Å². The second-order valence-corrected chi connectivity index (χ2v) is 9.60. The van der Waals surface area contributed by atoms with Gasteiger partial charge in [0.25, 0.3) is 5.91 Å². The predicted molar refractivity (Wildman–Crippen MR) is 120 cm³/mol. The highest BCUT2D eigenvalue weighted by Gasteiger charge is 2.55. The third kappa shape index (κ3) is 4.51. The predicted octanol–water partition coefficient (Wildman–Crippen LogP) is 3.82. The Labute approximate surface area is 187 Å². The van der Waals surface area contributed by atoms with Gasteiger partial charge in [-0.2, -0.15) is 0 Å². The molecule has 1 aromatic heterocycles. The van der Waals surface area contributed by atoms with Crippen molar-refractivity contribution in [1.82, 2.24) is 15.1 Å². The Hall–Kier alpha value is -2.67. The monoisotopic (exact) mass is 439 g/mol. The first-order valence-electron chi connectivity index (χ1n) is 11.0. The Balaban J connectivity index is 1.47. The zero-order valence-electron chi connectivity index (χ0n) is 17.9. The molecule has 1 saturated heterocycles. The molecular weight excluding hydrogens is 410 g/mol. The van der Waals surface area contributed by atoms with Crippen LogP contribution < -0.4 is 5.32 Å². The van der Waals surface area contributed by atoms with E-state index in [9.17, 15) is 14.4 Å². The number of nitrogens with zero attached hydrogens (tertiary/aromatic N) is 2. The van der Waals surface area contributed by atoms with Gasteiger partial charge in [-0.25, -0.2) is 4.79 Å². The van der Waals surface area contributed by atoms with Gasteiger partial charge in [0.15, 0.2) is 0 Å². The molecule has 0 radical (unpaired) electrons. The lowest BCUT2D eigenvalue weighted by Gasteiger charge is -2.36. The number of benzene rings is 1. The van der Waals surface area contributed by atoms with Gasteiger partial charge >= 0.3 is 6.03 Å². The minimum atomic E-state index is -0.835. The number of hydrogen-bond acceptors (Lipinski definition) is 4. The van der Waals surface area contributed by atoms with Crippen molar-refractivity contribution >= 4 is 29.2 Å². The summed E-state index contributed by atoms with van der Waals surface area (Å²) < 4.78 is 0. The molecule has 1 aliphatic heterocycles. The topological polar surface area (TPSA) is 69.7 Å². The number of nitrogens with one attached hydrogen (secondary N) is 1. The molecule has 1 saturated carbocycles. The van der Waals surface area contributed by atoms with E-state index < -0.39 is 11.6 Å². The van der Waals surface area contributed by atoms with Crippen LogP contribution in [0.4, 0.5) is 4.79 Å². The number of carbonyl (C=O) groups excluding carboxylic acids is 3. The van der Waals surface area contributed by atoms with E-state index in [1.165, 1.54) is 0 Å². The van der Waals surface area contributed by atoms with Gasteiger partial charge in [-0.05, 0) is 42.2 Å². The average Bonchev–Trinajstić information content (AvgIpc) is 3.37. The van der Waals surface area contributed by atoms with Crippen molar-refractivity contribution in [2.45, 2.75) is 51.1 Å². The number of carbonyl (C=O) groups is 3. The molecule has 2 fully saturated rings. The number of hydrogen-bond donors (Lipinski definition) is 1. The normalized spacial score (nSPS) is 23.3. The van der Waals surface area contributed by atoms with Gasteiger partial charge in [0, 0.05) is 11.4 Å². The minimum absolute atomic E-state index is 0.0816. The molecule has 2 aliphatic rings. The first-order chi connectivity index (χ1) is 15.0. The van der Waals surface area contributed by atoms with Crippen molar-refractivity contribution in [3.05, 3.63) is 58.3 Å². The molecule has 1 aliphatic carbocycles. The van der Waals surface area contributed by atoms with Gasteiger partial charge in [0.05, 0.1) is 6.54 Å². The maximum Gasteiger partial charge on any atom is 0.325 e. The zero-order chi connectivity index (χ0) is 21.8. The summed E-state index contributed by atoms with van der Waals surface area (Å²) in [4.78, 5) is 43.1. The summed E-state index contributed by atoms with van der Waals surface area (Å²) in [6.45, 7) is 2.82. The molecule has 1 aromatic carbocycles. The lowest BCUT2D eigenvalue weighted by atomic mass is 9.73. The van der Waals surface area contributed by atoms with Crippen LogP contribution in [-0.4, -0.2) is 46.3 Å². The highest BCUT2D eigenvalue weighted by molar-refractivity contribution is 7.09. The van der Waals surface area contributed by atoms with Crippen LogP contribution in [-0.2, 0) is 22.6 Å². The number of imide groups is 1. The van der Waals surface area contributed by atoms with E-state index in [-0.39, 0.29) is 24.3 Å².